The number of aliphatic hydroxyl groups is 2. The van der Waals surface area contributed by atoms with Gasteiger partial charge in [0.15, 0.2) is 0 Å². The summed E-state index contributed by atoms with van der Waals surface area (Å²) in [5.41, 5.74) is 1.23. The molecule has 2 N–H and O–H groups in total. The number of carbonyl (C=O) groups is 1. The Balaban J connectivity index is 3.07. The van der Waals surface area contributed by atoms with Crippen LogP contribution in [0.4, 0.5) is 0 Å². The van der Waals surface area contributed by atoms with Crippen molar-refractivity contribution in [3.8, 4) is 11.8 Å². The van der Waals surface area contributed by atoms with E-state index in [0.717, 1.165) is 5.56 Å². The summed E-state index contributed by atoms with van der Waals surface area (Å²) < 4.78 is 0. The van der Waals surface area contributed by atoms with Crippen molar-refractivity contribution in [2.45, 2.75) is 32.8 Å². The highest BCUT2D eigenvalue weighted by Crippen LogP contribution is 2.14. The molecule has 114 valence electrons. The minimum Gasteiger partial charge on any atom is -0.395 e. The highest BCUT2D eigenvalue weighted by molar-refractivity contribution is 5.96. The molecule has 1 aromatic rings. The number of nitrogens with zero attached hydrogens (tertiary/aromatic N) is 1. The molecular formula is C17H23NO3. The highest BCUT2D eigenvalue weighted by Gasteiger charge is 2.21. The largest absolute Gasteiger partial charge is 0.395 e. The fourth-order valence-electron chi connectivity index (χ4n) is 2.02. The van der Waals surface area contributed by atoms with Crippen molar-refractivity contribution in [1.29, 1.82) is 0 Å². The van der Waals surface area contributed by atoms with Gasteiger partial charge >= 0.3 is 0 Å². The third kappa shape index (κ3) is 5.58. The van der Waals surface area contributed by atoms with Crippen molar-refractivity contribution in [1.82, 2.24) is 4.90 Å². The number of rotatable bonds is 4. The summed E-state index contributed by atoms with van der Waals surface area (Å²) in [5, 5.41) is 18.6. The van der Waals surface area contributed by atoms with E-state index in [-0.39, 0.29) is 19.1 Å². The quantitative estimate of drug-likeness (QED) is 0.827. The molecule has 0 radical (unpaired) electrons. The van der Waals surface area contributed by atoms with Crippen LogP contribution in [0.25, 0.3) is 0 Å². The van der Waals surface area contributed by atoms with Gasteiger partial charge in [-0.1, -0.05) is 17.9 Å². The van der Waals surface area contributed by atoms with E-state index in [1.54, 1.807) is 27.0 Å². The molecule has 0 heterocycles. The van der Waals surface area contributed by atoms with Gasteiger partial charge in [0.1, 0.15) is 0 Å². The molecule has 0 spiro atoms. The summed E-state index contributed by atoms with van der Waals surface area (Å²) >= 11 is 0. The maximum absolute atomic E-state index is 12.5. The summed E-state index contributed by atoms with van der Waals surface area (Å²) in [6.07, 6.45) is 0.376. The van der Waals surface area contributed by atoms with Crippen molar-refractivity contribution in [2.24, 2.45) is 0 Å². The lowest BCUT2D eigenvalue weighted by atomic mass is 10.0. The van der Waals surface area contributed by atoms with E-state index in [9.17, 15) is 9.90 Å². The highest BCUT2D eigenvalue weighted by atomic mass is 16.3. The van der Waals surface area contributed by atoms with E-state index in [2.05, 4.69) is 11.8 Å². The van der Waals surface area contributed by atoms with Crippen LogP contribution in [0.15, 0.2) is 18.2 Å². The van der Waals surface area contributed by atoms with Gasteiger partial charge < -0.3 is 15.1 Å². The Labute approximate surface area is 126 Å². The average molecular weight is 289 g/mol. The minimum atomic E-state index is -0.947. The van der Waals surface area contributed by atoms with Gasteiger partial charge in [0.25, 0.3) is 5.91 Å². The third-order valence-electron chi connectivity index (χ3n) is 2.84. The van der Waals surface area contributed by atoms with Gasteiger partial charge in [0, 0.05) is 25.6 Å². The van der Waals surface area contributed by atoms with Gasteiger partial charge in [-0.25, -0.2) is 0 Å². The zero-order chi connectivity index (χ0) is 16.0. The predicted molar refractivity (Wildman–Crippen MR) is 83.0 cm³/mol. The lowest BCUT2D eigenvalue weighted by molar-refractivity contribution is 0.0367. The van der Waals surface area contributed by atoms with Crippen molar-refractivity contribution in [2.75, 3.05) is 20.2 Å². The van der Waals surface area contributed by atoms with Crippen LogP contribution in [0.3, 0.4) is 0 Å². The maximum Gasteiger partial charge on any atom is 0.254 e. The topological polar surface area (TPSA) is 60.8 Å². The number of likely N-dealkylation sites (N-methyl/N-ethyl adjacent to an activating group) is 1. The number of benzene rings is 1. The predicted octanol–water partition coefficient (Wildman–Crippen LogP) is 1.57. The molecule has 0 fully saturated rings. The second-order valence-electron chi connectivity index (χ2n) is 5.80. The van der Waals surface area contributed by atoms with Crippen LogP contribution in [-0.4, -0.2) is 46.8 Å². The van der Waals surface area contributed by atoms with Crippen molar-refractivity contribution >= 4 is 5.91 Å². The summed E-state index contributed by atoms with van der Waals surface area (Å²) in [7, 11) is 1.66. The molecule has 0 bridgehead atoms. The van der Waals surface area contributed by atoms with Crippen molar-refractivity contribution in [3.63, 3.8) is 0 Å². The van der Waals surface area contributed by atoms with Gasteiger partial charge in [-0.15, -0.1) is 0 Å². The van der Waals surface area contributed by atoms with E-state index in [0.29, 0.717) is 17.5 Å². The zero-order valence-corrected chi connectivity index (χ0v) is 13.1. The number of hydrogen-bond donors (Lipinski definition) is 2. The summed E-state index contributed by atoms with van der Waals surface area (Å²) in [5.74, 6) is 5.60. The molecule has 0 aliphatic heterocycles. The van der Waals surface area contributed by atoms with Gasteiger partial charge in [-0.2, -0.15) is 0 Å². The molecule has 1 amide bonds. The van der Waals surface area contributed by atoms with E-state index in [1.807, 2.05) is 19.1 Å². The van der Waals surface area contributed by atoms with E-state index >= 15 is 0 Å². The molecule has 0 aliphatic carbocycles. The number of aryl methyl sites for hydroxylation is 1. The van der Waals surface area contributed by atoms with E-state index in [1.165, 1.54) is 4.90 Å². The third-order valence-corrected chi connectivity index (χ3v) is 2.84. The Kier molecular flexibility index (Phi) is 5.95. The molecule has 4 heteroatoms. The van der Waals surface area contributed by atoms with Crippen LogP contribution in [0, 0.1) is 18.8 Å². The summed E-state index contributed by atoms with van der Waals surface area (Å²) in [6, 6.07) is 5.47. The molecule has 0 aliphatic rings. The molecule has 0 saturated carbocycles. The fourth-order valence-corrected chi connectivity index (χ4v) is 2.02. The molecule has 4 nitrogen and oxygen atoms in total. The molecule has 0 aromatic heterocycles. The Hall–Kier alpha value is -1.83. The number of aliphatic hydroxyl groups excluding tert-OH is 1. The smallest absolute Gasteiger partial charge is 0.254 e. The second-order valence-corrected chi connectivity index (χ2v) is 5.80. The molecule has 1 rings (SSSR count). The first kappa shape index (κ1) is 17.2. The van der Waals surface area contributed by atoms with Gasteiger partial charge in [-0.3, -0.25) is 4.79 Å². The van der Waals surface area contributed by atoms with Crippen molar-refractivity contribution in [3.05, 3.63) is 34.9 Å². The Morgan fingerprint density at radius 1 is 1.38 bits per heavy atom. The van der Waals surface area contributed by atoms with Crippen LogP contribution >= 0.6 is 0 Å². The van der Waals surface area contributed by atoms with Gasteiger partial charge in [0.2, 0.25) is 0 Å². The molecule has 0 atom stereocenters. The minimum absolute atomic E-state index is 0.000695. The first-order valence-electron chi connectivity index (χ1n) is 6.93. The van der Waals surface area contributed by atoms with E-state index in [4.69, 9.17) is 5.11 Å². The van der Waals surface area contributed by atoms with Gasteiger partial charge in [-0.05, 0) is 38.5 Å². The SMILES string of the molecule is Cc1ccc(C(=O)N(C)CC(C)(C)O)c(C#CCCO)c1. The van der Waals surface area contributed by atoms with Gasteiger partial charge in [0.05, 0.1) is 17.8 Å². The number of hydrogen-bond acceptors (Lipinski definition) is 3. The van der Waals surface area contributed by atoms with Crippen LogP contribution in [0.1, 0.15) is 41.8 Å². The molecule has 1 aromatic carbocycles. The van der Waals surface area contributed by atoms with Crippen LogP contribution in [0.2, 0.25) is 0 Å². The normalized spacial score (nSPS) is 10.8. The fraction of sp³-hybridized carbons (Fsp3) is 0.471. The monoisotopic (exact) mass is 289 g/mol. The first-order valence-corrected chi connectivity index (χ1v) is 6.93. The van der Waals surface area contributed by atoms with E-state index < -0.39 is 5.60 Å². The zero-order valence-electron chi connectivity index (χ0n) is 13.1. The Morgan fingerprint density at radius 2 is 2.05 bits per heavy atom. The maximum atomic E-state index is 12.5. The summed E-state index contributed by atoms with van der Waals surface area (Å²) in [6.45, 7) is 5.50. The van der Waals surface area contributed by atoms with Crippen LogP contribution in [-0.2, 0) is 0 Å². The molecule has 0 unspecified atom stereocenters. The first-order chi connectivity index (χ1) is 9.74. The Bertz CT molecular complexity index is 562. The molecular weight excluding hydrogens is 266 g/mol. The standard InChI is InChI=1S/C17H23NO3/c1-13-8-9-15(14(11-13)7-5-6-10-19)16(20)18(4)12-17(2,3)21/h8-9,11,19,21H,6,10,12H2,1-4H3. The Morgan fingerprint density at radius 3 is 2.62 bits per heavy atom. The lowest BCUT2D eigenvalue weighted by Gasteiger charge is -2.26. The van der Waals surface area contributed by atoms with Crippen LogP contribution in [0.5, 0.6) is 0 Å². The lowest BCUT2D eigenvalue weighted by Crippen LogP contribution is -2.39. The number of amides is 1. The molecule has 0 saturated heterocycles. The average Bonchev–Trinajstić information content (AvgIpc) is 2.36. The molecule has 21 heavy (non-hydrogen) atoms. The second kappa shape index (κ2) is 7.26. The van der Waals surface area contributed by atoms with Crippen molar-refractivity contribution < 1.29 is 15.0 Å². The number of carbonyl (C=O) groups excluding carboxylic acids is 1. The summed E-state index contributed by atoms with van der Waals surface area (Å²) in [4.78, 5) is 14.0. The van der Waals surface area contributed by atoms with Crippen LogP contribution < -0.4 is 0 Å².